The molecule has 1 N–H and O–H groups in total. The second-order valence-corrected chi connectivity index (χ2v) is 4.33. The number of hydrogen-bond acceptors (Lipinski definition) is 5. The van der Waals surface area contributed by atoms with E-state index in [1.807, 2.05) is 0 Å². The number of nitrogens with zero attached hydrogens (tertiary/aromatic N) is 2. The fraction of sp³-hybridized carbons (Fsp3) is 0.455. The van der Waals surface area contributed by atoms with E-state index in [0.29, 0.717) is 23.9 Å². The summed E-state index contributed by atoms with van der Waals surface area (Å²) in [6.45, 7) is 2.76. The van der Waals surface area contributed by atoms with Gasteiger partial charge in [-0.3, -0.25) is 10.1 Å². The maximum atomic E-state index is 10.9. The molecule has 0 bridgehead atoms. The third kappa shape index (κ3) is 2.49. The first-order valence-electron chi connectivity index (χ1n) is 5.62. The van der Waals surface area contributed by atoms with Crippen LogP contribution in [0.4, 0.5) is 17.1 Å². The molecule has 1 saturated heterocycles. The van der Waals surface area contributed by atoms with Crippen LogP contribution in [0.5, 0.6) is 0 Å². The van der Waals surface area contributed by atoms with Crippen molar-refractivity contribution < 1.29 is 9.66 Å². The summed E-state index contributed by atoms with van der Waals surface area (Å²) in [5.74, 6) is 0. The average molecular weight is 272 g/mol. The predicted octanol–water partition coefficient (Wildman–Crippen LogP) is 2.13. The van der Waals surface area contributed by atoms with Crippen molar-refractivity contribution in [2.45, 2.75) is 0 Å². The Morgan fingerprint density at radius 3 is 2.67 bits per heavy atom. The van der Waals surface area contributed by atoms with Crippen LogP contribution in [0.2, 0.25) is 5.02 Å². The van der Waals surface area contributed by atoms with Crippen LogP contribution in [0.25, 0.3) is 0 Å². The number of nitrogens with one attached hydrogen (secondary N) is 1. The molecule has 0 unspecified atom stereocenters. The fourth-order valence-corrected chi connectivity index (χ4v) is 2.23. The van der Waals surface area contributed by atoms with Gasteiger partial charge in [0.2, 0.25) is 0 Å². The summed E-state index contributed by atoms with van der Waals surface area (Å²) in [4.78, 5) is 12.5. The molecule has 1 aliphatic heterocycles. The van der Waals surface area contributed by atoms with Crippen molar-refractivity contribution >= 4 is 28.7 Å². The first kappa shape index (κ1) is 12.9. The molecule has 1 aromatic rings. The first-order chi connectivity index (χ1) is 8.63. The molecule has 1 aliphatic rings. The van der Waals surface area contributed by atoms with Crippen LogP contribution in [-0.2, 0) is 4.74 Å². The van der Waals surface area contributed by atoms with Gasteiger partial charge in [0, 0.05) is 26.2 Å². The number of anilines is 2. The summed E-state index contributed by atoms with van der Waals surface area (Å²) >= 11 is 6.12. The van der Waals surface area contributed by atoms with Crippen LogP contribution < -0.4 is 10.2 Å². The number of rotatable bonds is 3. The van der Waals surface area contributed by atoms with Gasteiger partial charge < -0.3 is 15.0 Å². The highest BCUT2D eigenvalue weighted by Crippen LogP contribution is 2.36. The summed E-state index contributed by atoms with van der Waals surface area (Å²) < 4.78 is 5.27. The van der Waals surface area contributed by atoms with E-state index in [9.17, 15) is 10.1 Å². The lowest BCUT2D eigenvalue weighted by atomic mass is 10.2. The number of ether oxygens (including phenoxy) is 1. The third-order valence-corrected chi connectivity index (χ3v) is 3.19. The van der Waals surface area contributed by atoms with Crippen LogP contribution in [-0.4, -0.2) is 38.3 Å². The minimum absolute atomic E-state index is 0.0143. The Kier molecular flexibility index (Phi) is 3.88. The van der Waals surface area contributed by atoms with E-state index in [1.165, 1.54) is 6.07 Å². The molecule has 7 heteroatoms. The summed E-state index contributed by atoms with van der Waals surface area (Å²) in [5.41, 5.74) is 1.25. The van der Waals surface area contributed by atoms with Gasteiger partial charge in [-0.05, 0) is 6.07 Å². The molecule has 1 heterocycles. The lowest BCUT2D eigenvalue weighted by molar-refractivity contribution is -0.383. The van der Waals surface area contributed by atoms with Crippen molar-refractivity contribution in [2.75, 3.05) is 43.6 Å². The lowest BCUT2D eigenvalue weighted by Gasteiger charge is -2.29. The number of benzene rings is 1. The third-order valence-electron chi connectivity index (χ3n) is 2.88. The predicted molar refractivity (Wildman–Crippen MR) is 70.7 cm³/mol. The van der Waals surface area contributed by atoms with E-state index < -0.39 is 4.92 Å². The largest absolute Gasteiger partial charge is 0.383 e. The molecule has 0 atom stereocenters. The van der Waals surface area contributed by atoms with Crippen LogP contribution >= 0.6 is 11.6 Å². The Balaban J connectivity index is 2.39. The van der Waals surface area contributed by atoms with Gasteiger partial charge >= 0.3 is 0 Å². The van der Waals surface area contributed by atoms with Gasteiger partial charge in [0.05, 0.1) is 28.8 Å². The van der Waals surface area contributed by atoms with Gasteiger partial charge in [-0.1, -0.05) is 11.6 Å². The zero-order valence-electron chi connectivity index (χ0n) is 9.98. The van der Waals surface area contributed by atoms with Gasteiger partial charge in [0.15, 0.2) is 0 Å². The Labute approximate surface area is 110 Å². The molecule has 1 fully saturated rings. The quantitative estimate of drug-likeness (QED) is 0.674. The highest BCUT2D eigenvalue weighted by Gasteiger charge is 2.20. The smallest absolute Gasteiger partial charge is 0.293 e. The molecule has 0 spiro atoms. The van der Waals surface area contributed by atoms with E-state index >= 15 is 0 Å². The van der Waals surface area contributed by atoms with Crippen molar-refractivity contribution in [1.29, 1.82) is 0 Å². The molecule has 18 heavy (non-hydrogen) atoms. The number of hydrogen-bond donors (Lipinski definition) is 1. The molecular weight excluding hydrogens is 258 g/mol. The van der Waals surface area contributed by atoms with Crippen molar-refractivity contribution in [3.8, 4) is 0 Å². The van der Waals surface area contributed by atoms with Gasteiger partial charge in [-0.25, -0.2) is 0 Å². The Morgan fingerprint density at radius 2 is 2.11 bits per heavy atom. The Hall–Kier alpha value is -1.53. The molecule has 0 aromatic heterocycles. The molecule has 1 aromatic carbocycles. The van der Waals surface area contributed by atoms with Crippen LogP contribution in [0.1, 0.15) is 0 Å². The highest BCUT2D eigenvalue weighted by molar-refractivity contribution is 6.33. The van der Waals surface area contributed by atoms with E-state index in [2.05, 4.69) is 10.2 Å². The number of nitro benzene ring substituents is 1. The van der Waals surface area contributed by atoms with Crippen LogP contribution in [0, 0.1) is 10.1 Å². The second kappa shape index (κ2) is 5.41. The van der Waals surface area contributed by atoms with E-state index in [0.717, 1.165) is 18.8 Å². The van der Waals surface area contributed by atoms with Gasteiger partial charge in [-0.2, -0.15) is 0 Å². The van der Waals surface area contributed by atoms with Crippen molar-refractivity contribution in [3.05, 3.63) is 27.3 Å². The maximum Gasteiger partial charge on any atom is 0.293 e. The van der Waals surface area contributed by atoms with Gasteiger partial charge in [-0.15, -0.1) is 0 Å². The molecule has 2 rings (SSSR count). The summed E-state index contributed by atoms with van der Waals surface area (Å²) in [6.07, 6.45) is 0. The van der Waals surface area contributed by atoms with Crippen LogP contribution in [0.15, 0.2) is 12.1 Å². The Bertz CT molecular complexity index is 461. The average Bonchev–Trinajstić information content (AvgIpc) is 2.39. The highest BCUT2D eigenvalue weighted by atomic mass is 35.5. The number of halogens is 1. The lowest BCUT2D eigenvalue weighted by Crippen LogP contribution is -2.36. The van der Waals surface area contributed by atoms with Crippen LogP contribution in [0.3, 0.4) is 0 Å². The second-order valence-electron chi connectivity index (χ2n) is 3.93. The van der Waals surface area contributed by atoms with Crippen molar-refractivity contribution in [1.82, 2.24) is 0 Å². The molecular formula is C11H14ClN3O3. The molecule has 0 radical (unpaired) electrons. The number of morpholine rings is 1. The van der Waals surface area contributed by atoms with Crippen molar-refractivity contribution in [2.24, 2.45) is 0 Å². The normalized spacial score (nSPS) is 15.6. The monoisotopic (exact) mass is 271 g/mol. The summed E-state index contributed by atoms with van der Waals surface area (Å²) in [5, 5.41) is 14.1. The molecule has 6 nitrogen and oxygen atoms in total. The Morgan fingerprint density at radius 1 is 1.44 bits per heavy atom. The minimum Gasteiger partial charge on any atom is -0.383 e. The van der Waals surface area contributed by atoms with E-state index in [4.69, 9.17) is 16.3 Å². The molecule has 0 amide bonds. The standard InChI is InChI=1S/C11H14ClN3O3/c1-13-9-7-10(14-2-4-18-5-3-14)8(12)6-11(9)15(16)17/h6-7,13H,2-5H2,1H3. The first-order valence-corrected chi connectivity index (χ1v) is 5.99. The maximum absolute atomic E-state index is 10.9. The van der Waals surface area contributed by atoms with Crippen molar-refractivity contribution in [3.63, 3.8) is 0 Å². The zero-order valence-corrected chi connectivity index (χ0v) is 10.7. The van der Waals surface area contributed by atoms with Gasteiger partial charge in [0.1, 0.15) is 5.69 Å². The summed E-state index contributed by atoms with van der Waals surface area (Å²) in [7, 11) is 1.65. The fourth-order valence-electron chi connectivity index (χ4n) is 1.95. The molecule has 0 saturated carbocycles. The zero-order chi connectivity index (χ0) is 13.1. The molecule has 0 aliphatic carbocycles. The molecule has 98 valence electrons. The minimum atomic E-state index is -0.444. The van der Waals surface area contributed by atoms with Gasteiger partial charge in [0.25, 0.3) is 5.69 Å². The topological polar surface area (TPSA) is 67.6 Å². The van der Waals surface area contributed by atoms with E-state index in [-0.39, 0.29) is 5.69 Å². The SMILES string of the molecule is CNc1cc(N2CCOCC2)c(Cl)cc1[N+](=O)[O-]. The number of nitro groups is 1. The van der Waals surface area contributed by atoms with E-state index in [1.54, 1.807) is 13.1 Å². The summed E-state index contributed by atoms with van der Waals surface area (Å²) in [6, 6.07) is 3.10.